The van der Waals surface area contributed by atoms with E-state index in [0.717, 1.165) is 40.0 Å². The average Bonchev–Trinajstić information content (AvgIpc) is 3.49. The molecule has 1 aliphatic rings. The van der Waals surface area contributed by atoms with E-state index < -0.39 is 0 Å². The third-order valence-corrected chi connectivity index (χ3v) is 6.92. The van der Waals surface area contributed by atoms with Crippen LogP contribution in [0.25, 0.3) is 10.9 Å². The maximum atomic E-state index is 13.0. The molecule has 5 nitrogen and oxygen atoms in total. The summed E-state index contributed by atoms with van der Waals surface area (Å²) in [6, 6.07) is 15.1. The van der Waals surface area contributed by atoms with Gasteiger partial charge in [-0.2, -0.15) is 0 Å². The first kappa shape index (κ1) is 19.6. The van der Waals surface area contributed by atoms with Crippen molar-refractivity contribution in [2.45, 2.75) is 36.4 Å². The lowest BCUT2D eigenvalue weighted by Crippen LogP contribution is -2.22. The van der Waals surface area contributed by atoms with Gasteiger partial charge in [0.2, 0.25) is 0 Å². The summed E-state index contributed by atoms with van der Waals surface area (Å²) in [5.74, 6) is 1.42. The van der Waals surface area contributed by atoms with Crippen LogP contribution >= 0.6 is 34.7 Å². The number of benzene rings is 2. The second-order valence-electron chi connectivity index (χ2n) is 7.08. The van der Waals surface area contributed by atoms with Crippen molar-refractivity contribution < 1.29 is 4.74 Å². The predicted molar refractivity (Wildman–Crippen MR) is 122 cm³/mol. The standard InChI is InChI=1S/C22H18ClN3O2S2/c23-14-5-9-17(10-6-14)28-11-20-24-15(12-29-20)13-30-22-25-19-4-2-1-3-18(19)21(27)26(22)16-7-8-16/h1-6,9-10,12,16H,7-8,11,13H2. The number of ether oxygens (including phenoxy) is 1. The third-order valence-electron chi connectivity index (χ3n) is 4.81. The zero-order valence-corrected chi connectivity index (χ0v) is 18.3. The first-order valence-corrected chi connectivity index (χ1v) is 11.9. The lowest BCUT2D eigenvalue weighted by atomic mass is 10.2. The normalized spacial score (nSPS) is 13.6. The number of hydrogen-bond donors (Lipinski definition) is 0. The molecule has 1 saturated carbocycles. The zero-order chi connectivity index (χ0) is 20.5. The van der Waals surface area contributed by atoms with Crippen molar-refractivity contribution in [3.05, 3.63) is 80.0 Å². The van der Waals surface area contributed by atoms with Crippen molar-refractivity contribution >= 4 is 45.6 Å². The maximum Gasteiger partial charge on any atom is 0.262 e. The second kappa shape index (κ2) is 8.41. The number of nitrogens with zero attached hydrogens (tertiary/aromatic N) is 3. The predicted octanol–water partition coefficient (Wildman–Crippen LogP) is 5.71. The van der Waals surface area contributed by atoms with Crippen molar-refractivity contribution in [1.29, 1.82) is 0 Å². The van der Waals surface area contributed by atoms with Crippen LogP contribution in [0.4, 0.5) is 0 Å². The molecule has 0 atom stereocenters. The molecule has 0 unspecified atom stereocenters. The molecule has 1 aliphatic carbocycles. The monoisotopic (exact) mass is 455 g/mol. The molecular formula is C22H18ClN3O2S2. The van der Waals surface area contributed by atoms with E-state index >= 15 is 0 Å². The molecule has 0 bridgehead atoms. The number of fused-ring (bicyclic) bond motifs is 1. The summed E-state index contributed by atoms with van der Waals surface area (Å²) in [4.78, 5) is 22.4. The van der Waals surface area contributed by atoms with Gasteiger partial charge in [0.1, 0.15) is 17.4 Å². The van der Waals surface area contributed by atoms with Crippen molar-refractivity contribution in [3.8, 4) is 5.75 Å². The fourth-order valence-electron chi connectivity index (χ4n) is 3.18. The molecule has 30 heavy (non-hydrogen) atoms. The Morgan fingerprint density at radius 1 is 1.13 bits per heavy atom. The molecule has 0 radical (unpaired) electrons. The van der Waals surface area contributed by atoms with Gasteiger partial charge in [-0.1, -0.05) is 35.5 Å². The van der Waals surface area contributed by atoms with Gasteiger partial charge < -0.3 is 4.74 Å². The molecular weight excluding hydrogens is 438 g/mol. The number of para-hydroxylation sites is 1. The molecule has 2 aromatic heterocycles. The fraction of sp³-hybridized carbons (Fsp3) is 0.227. The Morgan fingerprint density at radius 2 is 1.93 bits per heavy atom. The molecule has 0 amide bonds. The Hall–Kier alpha value is -2.35. The van der Waals surface area contributed by atoms with E-state index in [1.807, 2.05) is 46.3 Å². The average molecular weight is 456 g/mol. The quantitative estimate of drug-likeness (QED) is 0.264. The molecule has 0 N–H and O–H groups in total. The third kappa shape index (κ3) is 4.24. The van der Waals surface area contributed by atoms with E-state index in [1.165, 1.54) is 0 Å². The highest BCUT2D eigenvalue weighted by atomic mass is 35.5. The van der Waals surface area contributed by atoms with Crippen molar-refractivity contribution in [2.24, 2.45) is 0 Å². The summed E-state index contributed by atoms with van der Waals surface area (Å²) in [6.45, 7) is 0.415. The summed E-state index contributed by atoms with van der Waals surface area (Å²) < 4.78 is 7.64. The van der Waals surface area contributed by atoms with Gasteiger partial charge in [-0.3, -0.25) is 9.36 Å². The molecule has 5 rings (SSSR count). The number of halogens is 1. The highest BCUT2D eigenvalue weighted by molar-refractivity contribution is 7.98. The van der Waals surface area contributed by atoms with Gasteiger partial charge in [0.15, 0.2) is 5.16 Å². The topological polar surface area (TPSA) is 57.0 Å². The maximum absolute atomic E-state index is 13.0. The minimum Gasteiger partial charge on any atom is -0.486 e. The number of thioether (sulfide) groups is 1. The number of hydrogen-bond acceptors (Lipinski definition) is 6. The van der Waals surface area contributed by atoms with Crippen LogP contribution in [-0.2, 0) is 12.4 Å². The molecule has 152 valence electrons. The van der Waals surface area contributed by atoms with E-state index in [9.17, 15) is 4.79 Å². The van der Waals surface area contributed by atoms with Gasteiger partial charge in [0.25, 0.3) is 5.56 Å². The Morgan fingerprint density at radius 3 is 2.73 bits per heavy atom. The highest BCUT2D eigenvalue weighted by Gasteiger charge is 2.28. The largest absolute Gasteiger partial charge is 0.486 e. The van der Waals surface area contributed by atoms with Crippen molar-refractivity contribution in [2.75, 3.05) is 0 Å². The first-order chi connectivity index (χ1) is 14.7. The smallest absolute Gasteiger partial charge is 0.262 e. The summed E-state index contributed by atoms with van der Waals surface area (Å²) in [6.07, 6.45) is 2.08. The minimum absolute atomic E-state index is 0.0564. The summed E-state index contributed by atoms with van der Waals surface area (Å²) >= 11 is 9.04. The minimum atomic E-state index is 0.0564. The lowest BCUT2D eigenvalue weighted by molar-refractivity contribution is 0.305. The van der Waals surface area contributed by atoms with Crippen molar-refractivity contribution in [1.82, 2.24) is 14.5 Å². The molecule has 1 fully saturated rings. The van der Waals surface area contributed by atoms with Crippen LogP contribution in [0.1, 0.15) is 29.6 Å². The Labute approximate surface area is 186 Å². The SMILES string of the molecule is O=c1c2ccccc2nc(SCc2csc(COc3ccc(Cl)cc3)n2)n1C1CC1. The van der Waals surface area contributed by atoms with Crippen LogP contribution in [0.2, 0.25) is 5.02 Å². The van der Waals surface area contributed by atoms with Crippen LogP contribution in [-0.4, -0.2) is 14.5 Å². The van der Waals surface area contributed by atoms with Gasteiger partial charge >= 0.3 is 0 Å². The van der Waals surface area contributed by atoms with E-state index in [0.29, 0.717) is 22.8 Å². The molecule has 0 spiro atoms. The first-order valence-electron chi connectivity index (χ1n) is 9.63. The molecule has 0 saturated heterocycles. The molecule has 0 aliphatic heterocycles. The van der Waals surface area contributed by atoms with Gasteiger partial charge in [0, 0.05) is 22.2 Å². The van der Waals surface area contributed by atoms with Crippen molar-refractivity contribution in [3.63, 3.8) is 0 Å². The fourth-order valence-corrected chi connectivity index (χ4v) is 5.07. The van der Waals surface area contributed by atoms with Gasteiger partial charge in [-0.05, 0) is 49.2 Å². The van der Waals surface area contributed by atoms with Gasteiger partial charge in [-0.15, -0.1) is 11.3 Å². The van der Waals surface area contributed by atoms with Crippen LogP contribution in [0.3, 0.4) is 0 Å². The Balaban J connectivity index is 1.30. The van der Waals surface area contributed by atoms with Crippen LogP contribution < -0.4 is 10.3 Å². The van der Waals surface area contributed by atoms with Gasteiger partial charge in [-0.25, -0.2) is 9.97 Å². The zero-order valence-electron chi connectivity index (χ0n) is 16.0. The number of thiazole rings is 1. The molecule has 2 heterocycles. The lowest BCUT2D eigenvalue weighted by Gasteiger charge is -2.11. The summed E-state index contributed by atoms with van der Waals surface area (Å²) in [7, 11) is 0. The van der Waals surface area contributed by atoms with E-state index in [1.54, 1.807) is 35.2 Å². The van der Waals surface area contributed by atoms with Gasteiger partial charge in [0.05, 0.1) is 16.6 Å². The molecule has 2 aromatic carbocycles. The number of aromatic nitrogens is 3. The van der Waals surface area contributed by atoms with E-state index in [2.05, 4.69) is 4.98 Å². The highest BCUT2D eigenvalue weighted by Crippen LogP contribution is 2.37. The summed E-state index contributed by atoms with van der Waals surface area (Å²) in [5.41, 5.74) is 1.77. The van der Waals surface area contributed by atoms with Crippen LogP contribution in [0, 0.1) is 0 Å². The van der Waals surface area contributed by atoms with E-state index in [4.69, 9.17) is 21.3 Å². The number of rotatable bonds is 7. The van der Waals surface area contributed by atoms with Crippen LogP contribution in [0.15, 0.2) is 63.9 Å². The molecule has 4 aromatic rings. The van der Waals surface area contributed by atoms with Crippen LogP contribution in [0.5, 0.6) is 5.75 Å². The second-order valence-corrected chi connectivity index (χ2v) is 9.40. The molecule has 8 heteroatoms. The summed E-state index contributed by atoms with van der Waals surface area (Å²) in [5, 5.41) is 5.08. The van der Waals surface area contributed by atoms with E-state index in [-0.39, 0.29) is 11.6 Å². The Kier molecular flexibility index (Phi) is 5.50. The Bertz CT molecular complexity index is 1250.